The summed E-state index contributed by atoms with van der Waals surface area (Å²) in [5.74, 6) is 0.482. The molecule has 5 rings (SSSR count). The summed E-state index contributed by atoms with van der Waals surface area (Å²) in [7, 11) is -3.50. The standard InChI is InChI=1S/C21H24N4O4S3/c1-13-5-8-18(30-13)32(28,29)25-11-9-24(10-12-25)17(26)7-6-16-22-20(27)19-14-3-2-4-15(14)31-21(19)23-16/h5,8H,2-4,6-7,9-12H2,1H3,(H,22,23,27). The number of rotatable bonds is 5. The summed E-state index contributed by atoms with van der Waals surface area (Å²) in [6.07, 6.45) is 3.63. The molecule has 1 fully saturated rings. The van der Waals surface area contributed by atoms with Gasteiger partial charge in [0.05, 0.1) is 5.39 Å². The molecule has 1 aliphatic carbocycles. The number of aromatic nitrogens is 2. The van der Waals surface area contributed by atoms with Crippen molar-refractivity contribution in [1.82, 2.24) is 19.2 Å². The van der Waals surface area contributed by atoms with Crippen molar-refractivity contribution < 1.29 is 13.2 Å². The van der Waals surface area contributed by atoms with Crippen LogP contribution in [0.25, 0.3) is 10.2 Å². The first-order valence-corrected chi connectivity index (χ1v) is 13.8. The smallest absolute Gasteiger partial charge is 0.259 e. The molecular formula is C21H24N4O4S3. The number of nitrogens with one attached hydrogen (secondary N) is 1. The van der Waals surface area contributed by atoms with Crippen LogP contribution in [0.1, 0.15) is 34.0 Å². The minimum absolute atomic E-state index is 0.0505. The first kappa shape index (κ1) is 21.7. The fourth-order valence-electron chi connectivity index (χ4n) is 4.40. The summed E-state index contributed by atoms with van der Waals surface area (Å²) in [6.45, 7) is 3.18. The molecule has 8 nitrogen and oxygen atoms in total. The van der Waals surface area contributed by atoms with Crippen LogP contribution in [0.2, 0.25) is 0 Å². The topological polar surface area (TPSA) is 103 Å². The van der Waals surface area contributed by atoms with Gasteiger partial charge in [0.1, 0.15) is 14.9 Å². The second-order valence-corrected chi connectivity index (χ2v) is 12.7. The number of fused-ring (bicyclic) bond motifs is 3. The van der Waals surface area contributed by atoms with Crippen molar-refractivity contribution in [1.29, 1.82) is 0 Å². The summed E-state index contributed by atoms with van der Waals surface area (Å²) in [5, 5.41) is 0.718. The van der Waals surface area contributed by atoms with Crippen molar-refractivity contribution in [2.45, 2.75) is 43.2 Å². The van der Waals surface area contributed by atoms with E-state index in [1.165, 1.54) is 20.5 Å². The van der Waals surface area contributed by atoms with Crippen LogP contribution in [-0.2, 0) is 34.1 Å². The van der Waals surface area contributed by atoms with Gasteiger partial charge in [0.25, 0.3) is 15.6 Å². The fourth-order valence-corrected chi connectivity index (χ4v) is 8.55. The molecule has 32 heavy (non-hydrogen) atoms. The number of hydrogen-bond donors (Lipinski definition) is 1. The second-order valence-electron chi connectivity index (χ2n) is 8.20. The van der Waals surface area contributed by atoms with Gasteiger partial charge in [0.15, 0.2) is 0 Å². The summed E-state index contributed by atoms with van der Waals surface area (Å²) in [4.78, 5) is 37.4. The molecule has 1 amide bonds. The van der Waals surface area contributed by atoms with Gasteiger partial charge in [-0.15, -0.1) is 22.7 Å². The summed E-state index contributed by atoms with van der Waals surface area (Å²) in [6, 6.07) is 3.44. The highest BCUT2D eigenvalue weighted by atomic mass is 32.2. The normalized spacial score (nSPS) is 17.2. The first-order valence-electron chi connectivity index (χ1n) is 10.7. The molecule has 0 spiro atoms. The van der Waals surface area contributed by atoms with Gasteiger partial charge in [-0.25, -0.2) is 13.4 Å². The third kappa shape index (κ3) is 3.91. The molecule has 4 heterocycles. The molecule has 2 aliphatic rings. The molecule has 170 valence electrons. The highest BCUT2D eigenvalue weighted by molar-refractivity contribution is 7.91. The van der Waals surface area contributed by atoms with Crippen molar-refractivity contribution in [3.8, 4) is 0 Å². The largest absolute Gasteiger partial charge is 0.340 e. The Hall–Kier alpha value is -2.08. The molecule has 1 saturated heterocycles. The van der Waals surface area contributed by atoms with E-state index in [-0.39, 0.29) is 31.0 Å². The third-order valence-electron chi connectivity index (χ3n) is 6.10. The lowest BCUT2D eigenvalue weighted by atomic mass is 10.2. The van der Waals surface area contributed by atoms with Crippen molar-refractivity contribution in [3.63, 3.8) is 0 Å². The van der Waals surface area contributed by atoms with Crippen molar-refractivity contribution in [3.05, 3.63) is 43.6 Å². The number of thiophene rings is 2. The van der Waals surface area contributed by atoms with Crippen molar-refractivity contribution >= 4 is 48.8 Å². The molecule has 1 N–H and O–H groups in total. The Morgan fingerprint density at radius 1 is 1.16 bits per heavy atom. The number of aryl methyl sites for hydroxylation is 4. The van der Waals surface area contributed by atoms with Crippen molar-refractivity contribution in [2.75, 3.05) is 26.2 Å². The molecule has 11 heteroatoms. The Bertz CT molecular complexity index is 1350. The maximum absolute atomic E-state index is 12.8. The number of aromatic amines is 1. The number of sulfonamides is 1. The Kier molecular flexibility index (Phi) is 5.68. The van der Waals surface area contributed by atoms with Gasteiger partial charge >= 0.3 is 0 Å². The fraction of sp³-hybridized carbons (Fsp3) is 0.476. The number of carbonyl (C=O) groups is 1. The predicted molar refractivity (Wildman–Crippen MR) is 125 cm³/mol. The Morgan fingerprint density at radius 2 is 1.94 bits per heavy atom. The molecule has 0 bridgehead atoms. The average molecular weight is 493 g/mol. The Morgan fingerprint density at radius 3 is 2.66 bits per heavy atom. The van der Waals surface area contributed by atoms with E-state index < -0.39 is 10.0 Å². The van der Waals surface area contributed by atoms with E-state index >= 15 is 0 Å². The Labute approximate surface area is 193 Å². The number of H-pyrrole nitrogens is 1. The van der Waals surface area contributed by atoms with Crippen LogP contribution in [0.4, 0.5) is 0 Å². The Balaban J connectivity index is 1.20. The van der Waals surface area contributed by atoms with Gasteiger partial charge in [0, 0.05) is 48.8 Å². The lowest BCUT2D eigenvalue weighted by molar-refractivity contribution is -0.132. The van der Waals surface area contributed by atoms with Gasteiger partial charge in [-0.3, -0.25) is 9.59 Å². The molecule has 0 atom stereocenters. The zero-order chi connectivity index (χ0) is 22.5. The van der Waals surface area contributed by atoms with E-state index in [4.69, 9.17) is 0 Å². The minimum Gasteiger partial charge on any atom is -0.340 e. The third-order valence-corrected chi connectivity index (χ3v) is 10.7. The maximum Gasteiger partial charge on any atom is 0.259 e. The van der Waals surface area contributed by atoms with E-state index in [1.54, 1.807) is 28.4 Å². The lowest BCUT2D eigenvalue weighted by Gasteiger charge is -2.33. The number of carbonyl (C=O) groups excluding carboxylic acids is 1. The molecule has 3 aromatic rings. The van der Waals surface area contributed by atoms with E-state index in [1.807, 2.05) is 6.92 Å². The molecule has 1 aliphatic heterocycles. The molecule has 0 radical (unpaired) electrons. The van der Waals surface area contributed by atoms with E-state index in [0.717, 1.165) is 39.9 Å². The molecule has 3 aromatic heterocycles. The zero-order valence-corrected chi connectivity index (χ0v) is 20.2. The lowest BCUT2D eigenvalue weighted by Crippen LogP contribution is -2.50. The van der Waals surface area contributed by atoms with Gasteiger partial charge < -0.3 is 9.88 Å². The van der Waals surface area contributed by atoms with Crippen LogP contribution in [0, 0.1) is 6.92 Å². The van der Waals surface area contributed by atoms with Crippen LogP contribution in [0.5, 0.6) is 0 Å². The number of piperazine rings is 1. The summed E-state index contributed by atoms with van der Waals surface area (Å²) < 4.78 is 27.3. The van der Waals surface area contributed by atoms with Gasteiger partial charge in [-0.1, -0.05) is 0 Å². The SMILES string of the molecule is Cc1ccc(S(=O)(=O)N2CCN(C(=O)CCc3nc4sc5c(c4c(=O)[nH]3)CCC5)CC2)s1. The van der Waals surface area contributed by atoms with Crippen LogP contribution in [0.3, 0.4) is 0 Å². The second kappa shape index (κ2) is 8.36. The number of nitrogens with zero attached hydrogens (tertiary/aromatic N) is 3. The molecule has 0 unspecified atom stereocenters. The quantitative estimate of drug-likeness (QED) is 0.589. The summed E-state index contributed by atoms with van der Waals surface area (Å²) in [5.41, 5.74) is 1.03. The predicted octanol–water partition coefficient (Wildman–Crippen LogP) is 2.31. The van der Waals surface area contributed by atoms with Crippen molar-refractivity contribution in [2.24, 2.45) is 0 Å². The first-order chi connectivity index (χ1) is 15.3. The van der Waals surface area contributed by atoms with Crippen LogP contribution in [0.15, 0.2) is 21.1 Å². The van der Waals surface area contributed by atoms with Gasteiger partial charge in [-0.05, 0) is 43.9 Å². The molecule has 0 aromatic carbocycles. The van der Waals surface area contributed by atoms with Gasteiger partial charge in [0.2, 0.25) is 5.91 Å². The van der Waals surface area contributed by atoms with Gasteiger partial charge in [-0.2, -0.15) is 4.31 Å². The molecule has 0 saturated carbocycles. The monoisotopic (exact) mass is 492 g/mol. The van der Waals surface area contributed by atoms with Crippen LogP contribution < -0.4 is 5.56 Å². The van der Waals surface area contributed by atoms with E-state index in [0.29, 0.717) is 29.5 Å². The number of amides is 1. The highest BCUT2D eigenvalue weighted by Gasteiger charge is 2.31. The van der Waals surface area contributed by atoms with Crippen LogP contribution in [-0.4, -0.2) is 59.7 Å². The summed E-state index contributed by atoms with van der Waals surface area (Å²) >= 11 is 2.86. The molecular weight excluding hydrogens is 468 g/mol. The van der Waals surface area contributed by atoms with E-state index in [2.05, 4.69) is 9.97 Å². The maximum atomic E-state index is 12.8. The van der Waals surface area contributed by atoms with Crippen LogP contribution >= 0.6 is 22.7 Å². The minimum atomic E-state index is -3.50. The number of hydrogen-bond acceptors (Lipinski definition) is 7. The zero-order valence-electron chi connectivity index (χ0n) is 17.7. The highest BCUT2D eigenvalue weighted by Crippen LogP contribution is 2.34. The van der Waals surface area contributed by atoms with E-state index in [9.17, 15) is 18.0 Å². The average Bonchev–Trinajstić information content (AvgIpc) is 3.48.